The summed E-state index contributed by atoms with van der Waals surface area (Å²) in [7, 11) is 0. The fourth-order valence-electron chi connectivity index (χ4n) is 1.92. The second-order valence-corrected chi connectivity index (χ2v) is 4.81. The summed E-state index contributed by atoms with van der Waals surface area (Å²) in [6, 6.07) is 0. The molecule has 0 aromatic heterocycles. The topological polar surface area (TPSA) is 40.6 Å². The molecule has 0 radical (unpaired) electrons. The van der Waals surface area contributed by atoms with Gasteiger partial charge in [-0.2, -0.15) is 13.2 Å². The molecule has 19 heavy (non-hydrogen) atoms. The first kappa shape index (κ1) is 13.9. The SMILES string of the molecule is O=C(/C=C/C1CC1)N1CCN(C(=O)C(F)(F)F)CC1. The quantitative estimate of drug-likeness (QED) is 0.711. The first-order valence-corrected chi connectivity index (χ1v) is 6.21. The number of rotatable bonds is 2. The molecule has 0 unspecified atom stereocenters. The number of nitrogens with zero attached hydrogens (tertiary/aromatic N) is 2. The molecule has 4 nitrogen and oxygen atoms in total. The number of amides is 2. The average molecular weight is 276 g/mol. The van der Waals surface area contributed by atoms with E-state index >= 15 is 0 Å². The predicted molar refractivity (Wildman–Crippen MR) is 61.1 cm³/mol. The second-order valence-electron chi connectivity index (χ2n) is 4.81. The Kier molecular flexibility index (Phi) is 3.82. The van der Waals surface area contributed by atoms with Crippen LogP contribution in [0.2, 0.25) is 0 Å². The lowest BCUT2D eigenvalue weighted by atomic mass is 10.2. The molecule has 0 spiro atoms. The van der Waals surface area contributed by atoms with Crippen LogP contribution >= 0.6 is 0 Å². The van der Waals surface area contributed by atoms with E-state index in [1.807, 2.05) is 6.08 Å². The van der Waals surface area contributed by atoms with Gasteiger partial charge in [0.1, 0.15) is 0 Å². The number of allylic oxidation sites excluding steroid dienone is 1. The number of halogens is 3. The Morgan fingerprint density at radius 1 is 1.00 bits per heavy atom. The lowest BCUT2D eigenvalue weighted by Crippen LogP contribution is -2.53. The molecule has 0 aromatic rings. The largest absolute Gasteiger partial charge is 0.471 e. The van der Waals surface area contributed by atoms with Crippen molar-refractivity contribution < 1.29 is 22.8 Å². The maximum Gasteiger partial charge on any atom is 0.471 e. The molecule has 2 aliphatic rings. The predicted octanol–water partition coefficient (Wildman–Crippen LogP) is 1.19. The molecule has 7 heteroatoms. The van der Waals surface area contributed by atoms with E-state index in [0.717, 1.165) is 17.7 Å². The summed E-state index contributed by atoms with van der Waals surface area (Å²) < 4.78 is 36.7. The summed E-state index contributed by atoms with van der Waals surface area (Å²) in [4.78, 5) is 24.9. The average Bonchev–Trinajstić information content (AvgIpc) is 3.18. The minimum absolute atomic E-state index is 0.0681. The molecule has 2 fully saturated rings. The molecule has 2 rings (SSSR count). The Morgan fingerprint density at radius 3 is 2.00 bits per heavy atom. The third-order valence-electron chi connectivity index (χ3n) is 3.25. The fourth-order valence-corrected chi connectivity index (χ4v) is 1.92. The van der Waals surface area contributed by atoms with E-state index in [9.17, 15) is 22.8 Å². The lowest BCUT2D eigenvalue weighted by molar-refractivity contribution is -0.187. The van der Waals surface area contributed by atoms with Crippen LogP contribution < -0.4 is 0 Å². The molecule has 0 bridgehead atoms. The van der Waals surface area contributed by atoms with E-state index < -0.39 is 12.1 Å². The van der Waals surface area contributed by atoms with E-state index in [1.54, 1.807) is 0 Å². The zero-order valence-electron chi connectivity index (χ0n) is 10.3. The Morgan fingerprint density at radius 2 is 1.53 bits per heavy atom. The minimum atomic E-state index is -4.84. The van der Waals surface area contributed by atoms with Crippen LogP contribution in [0.15, 0.2) is 12.2 Å². The highest BCUT2D eigenvalue weighted by atomic mass is 19.4. The first-order chi connectivity index (χ1) is 8.88. The normalized spacial score (nSPS) is 21.0. The Labute approximate surface area is 108 Å². The maximum absolute atomic E-state index is 12.2. The van der Waals surface area contributed by atoms with Crippen molar-refractivity contribution in [3.05, 3.63) is 12.2 Å². The summed E-state index contributed by atoms with van der Waals surface area (Å²) in [5.41, 5.74) is 0. The maximum atomic E-state index is 12.2. The van der Waals surface area contributed by atoms with Gasteiger partial charge in [-0.15, -0.1) is 0 Å². The third kappa shape index (κ3) is 3.71. The summed E-state index contributed by atoms with van der Waals surface area (Å²) in [6.07, 6.45) is 0.682. The highest BCUT2D eigenvalue weighted by Gasteiger charge is 2.43. The standard InChI is InChI=1S/C12H15F3N2O2/c13-12(14,15)11(19)17-7-5-16(6-8-17)10(18)4-3-9-1-2-9/h3-4,9H,1-2,5-8H2/b4-3+. The summed E-state index contributed by atoms with van der Waals surface area (Å²) in [5.74, 6) is -1.53. The Balaban J connectivity index is 1.81. The van der Waals surface area contributed by atoms with Gasteiger partial charge in [-0.1, -0.05) is 6.08 Å². The van der Waals surface area contributed by atoms with Crippen molar-refractivity contribution in [2.45, 2.75) is 19.0 Å². The van der Waals surface area contributed by atoms with Gasteiger partial charge in [-0.3, -0.25) is 9.59 Å². The van der Waals surface area contributed by atoms with Crippen molar-refractivity contribution in [1.29, 1.82) is 0 Å². The summed E-state index contributed by atoms with van der Waals surface area (Å²) in [5, 5.41) is 0. The fraction of sp³-hybridized carbons (Fsp3) is 0.667. The Hall–Kier alpha value is -1.53. The Bertz CT molecular complexity index is 394. The number of hydrogen-bond acceptors (Lipinski definition) is 2. The van der Waals surface area contributed by atoms with Crippen LogP contribution in [0.25, 0.3) is 0 Å². The molecule has 1 heterocycles. The van der Waals surface area contributed by atoms with Gasteiger partial charge in [0.15, 0.2) is 0 Å². The van der Waals surface area contributed by atoms with Crippen molar-refractivity contribution in [1.82, 2.24) is 9.80 Å². The molecule has 106 valence electrons. The van der Waals surface area contributed by atoms with Crippen molar-refractivity contribution in [3.63, 3.8) is 0 Å². The highest BCUT2D eigenvalue weighted by Crippen LogP contribution is 2.30. The van der Waals surface area contributed by atoms with Crippen LogP contribution in [0.5, 0.6) is 0 Å². The van der Waals surface area contributed by atoms with Crippen molar-refractivity contribution >= 4 is 11.8 Å². The van der Waals surface area contributed by atoms with Gasteiger partial charge in [-0.05, 0) is 24.8 Å². The third-order valence-corrected chi connectivity index (χ3v) is 3.25. The van der Waals surface area contributed by atoms with Gasteiger partial charge < -0.3 is 9.80 Å². The number of alkyl halides is 3. The van der Waals surface area contributed by atoms with E-state index in [0.29, 0.717) is 5.92 Å². The zero-order valence-corrected chi connectivity index (χ0v) is 10.3. The van der Waals surface area contributed by atoms with Gasteiger partial charge in [0.2, 0.25) is 5.91 Å². The number of hydrogen-bond donors (Lipinski definition) is 0. The number of piperazine rings is 1. The summed E-state index contributed by atoms with van der Waals surface area (Å²) in [6.45, 7) is 0.161. The summed E-state index contributed by atoms with van der Waals surface area (Å²) >= 11 is 0. The molecule has 2 amide bonds. The van der Waals surface area contributed by atoms with Gasteiger partial charge in [-0.25, -0.2) is 0 Å². The second kappa shape index (κ2) is 5.22. The molecule has 0 atom stereocenters. The van der Waals surface area contributed by atoms with Crippen LogP contribution in [0, 0.1) is 5.92 Å². The molecule has 0 aromatic carbocycles. The van der Waals surface area contributed by atoms with E-state index in [-0.39, 0.29) is 32.1 Å². The van der Waals surface area contributed by atoms with E-state index in [4.69, 9.17) is 0 Å². The highest BCUT2D eigenvalue weighted by molar-refractivity contribution is 5.88. The molecule has 1 aliphatic heterocycles. The smallest absolute Gasteiger partial charge is 0.336 e. The van der Waals surface area contributed by atoms with Gasteiger partial charge in [0.05, 0.1) is 0 Å². The number of carbonyl (C=O) groups is 2. The van der Waals surface area contributed by atoms with Crippen LogP contribution in [0.3, 0.4) is 0 Å². The molecule has 1 aliphatic carbocycles. The molecular weight excluding hydrogens is 261 g/mol. The van der Waals surface area contributed by atoms with Crippen LogP contribution in [-0.4, -0.2) is 54.0 Å². The molecule has 1 saturated heterocycles. The first-order valence-electron chi connectivity index (χ1n) is 6.21. The number of carbonyl (C=O) groups excluding carboxylic acids is 2. The van der Waals surface area contributed by atoms with Crippen molar-refractivity contribution in [3.8, 4) is 0 Å². The minimum Gasteiger partial charge on any atom is -0.336 e. The van der Waals surface area contributed by atoms with Gasteiger partial charge >= 0.3 is 12.1 Å². The van der Waals surface area contributed by atoms with Crippen LogP contribution in [-0.2, 0) is 9.59 Å². The molecular formula is C12H15F3N2O2. The monoisotopic (exact) mass is 276 g/mol. The van der Waals surface area contributed by atoms with Gasteiger partial charge in [0, 0.05) is 26.2 Å². The lowest BCUT2D eigenvalue weighted by Gasteiger charge is -2.34. The zero-order chi connectivity index (χ0) is 14.0. The molecule has 0 N–H and O–H groups in total. The van der Waals surface area contributed by atoms with E-state index in [2.05, 4.69) is 0 Å². The van der Waals surface area contributed by atoms with Crippen LogP contribution in [0.4, 0.5) is 13.2 Å². The van der Waals surface area contributed by atoms with Gasteiger partial charge in [0.25, 0.3) is 0 Å². The van der Waals surface area contributed by atoms with E-state index in [1.165, 1.54) is 11.0 Å². The van der Waals surface area contributed by atoms with Crippen LogP contribution in [0.1, 0.15) is 12.8 Å². The molecule has 1 saturated carbocycles. The van der Waals surface area contributed by atoms with Crippen molar-refractivity contribution in [2.75, 3.05) is 26.2 Å². The van der Waals surface area contributed by atoms with Crippen molar-refractivity contribution in [2.24, 2.45) is 5.92 Å².